The second kappa shape index (κ2) is 8.43. The predicted molar refractivity (Wildman–Crippen MR) is 98.9 cm³/mol. The first kappa shape index (κ1) is 20.8. The second-order valence-electron chi connectivity index (χ2n) is 5.98. The van der Waals surface area contributed by atoms with Crippen molar-refractivity contribution in [1.82, 2.24) is 0 Å². The Hall–Kier alpha value is -2.54. The summed E-state index contributed by atoms with van der Waals surface area (Å²) in [6.07, 6.45) is -4.56. The molecule has 0 saturated carbocycles. The molecule has 0 aliphatic rings. The Kier molecular flexibility index (Phi) is 6.49. The fourth-order valence-electron chi connectivity index (χ4n) is 2.58. The molecule has 0 atom stereocenters. The first-order valence-electron chi connectivity index (χ1n) is 8.09. The van der Waals surface area contributed by atoms with E-state index in [0.717, 1.165) is 17.7 Å². The third-order valence-electron chi connectivity index (χ3n) is 3.87. The minimum atomic E-state index is -4.49. The van der Waals surface area contributed by atoms with Gasteiger partial charge in [0.2, 0.25) is 11.8 Å². The summed E-state index contributed by atoms with van der Waals surface area (Å²) in [7, 11) is 0. The van der Waals surface area contributed by atoms with Gasteiger partial charge in [-0.05, 0) is 48.9 Å². The Morgan fingerprint density at radius 3 is 2.44 bits per heavy atom. The number of hydrogen-bond acceptors (Lipinski definition) is 2. The number of nitrogens with zero attached hydrogens (tertiary/aromatic N) is 1. The molecule has 2 aromatic rings. The maximum absolute atomic E-state index is 12.7. The van der Waals surface area contributed by atoms with E-state index in [2.05, 4.69) is 5.32 Å². The predicted octanol–water partition coefficient (Wildman–Crippen LogP) is 5.05. The van der Waals surface area contributed by atoms with Gasteiger partial charge in [0.15, 0.2) is 0 Å². The third-order valence-corrected chi connectivity index (χ3v) is 4.10. The summed E-state index contributed by atoms with van der Waals surface area (Å²) in [4.78, 5) is 25.5. The molecule has 0 aromatic heterocycles. The number of aryl methyl sites for hydroxylation is 1. The summed E-state index contributed by atoms with van der Waals surface area (Å²) >= 11 is 5.92. The van der Waals surface area contributed by atoms with E-state index in [1.807, 2.05) is 0 Å². The quantitative estimate of drug-likeness (QED) is 0.766. The lowest BCUT2D eigenvalue weighted by Crippen LogP contribution is -2.32. The lowest BCUT2D eigenvalue weighted by Gasteiger charge is -2.23. The third kappa shape index (κ3) is 5.72. The van der Waals surface area contributed by atoms with Crippen molar-refractivity contribution in [3.63, 3.8) is 0 Å². The molecule has 2 amide bonds. The van der Waals surface area contributed by atoms with E-state index in [-0.39, 0.29) is 24.6 Å². The van der Waals surface area contributed by atoms with Gasteiger partial charge in [-0.2, -0.15) is 13.2 Å². The molecule has 0 spiro atoms. The zero-order chi connectivity index (χ0) is 20.2. The zero-order valence-corrected chi connectivity index (χ0v) is 15.5. The zero-order valence-electron chi connectivity index (χ0n) is 14.7. The molecule has 0 fully saturated rings. The normalized spacial score (nSPS) is 11.2. The second-order valence-corrected chi connectivity index (χ2v) is 6.41. The Balaban J connectivity index is 2.05. The lowest BCUT2D eigenvalue weighted by atomic mass is 10.1. The molecular formula is C19H18ClF3N2O2. The van der Waals surface area contributed by atoms with Gasteiger partial charge < -0.3 is 10.2 Å². The molecule has 0 aliphatic heterocycles. The first-order chi connectivity index (χ1) is 12.6. The summed E-state index contributed by atoms with van der Waals surface area (Å²) in [5, 5.41) is 2.96. The fraction of sp³-hybridized carbons (Fsp3) is 0.263. The number of carbonyl (C=O) groups is 2. The fourth-order valence-corrected chi connectivity index (χ4v) is 2.81. The Bertz CT molecular complexity index is 853. The molecule has 4 nitrogen and oxygen atoms in total. The van der Waals surface area contributed by atoms with Crippen LogP contribution in [0.25, 0.3) is 0 Å². The van der Waals surface area contributed by atoms with Gasteiger partial charge in [-0.1, -0.05) is 17.7 Å². The Morgan fingerprint density at radius 1 is 1.15 bits per heavy atom. The number of anilines is 2. The Morgan fingerprint density at radius 2 is 1.85 bits per heavy atom. The van der Waals surface area contributed by atoms with Crippen LogP contribution in [0.2, 0.25) is 5.02 Å². The van der Waals surface area contributed by atoms with E-state index in [1.54, 1.807) is 25.1 Å². The van der Waals surface area contributed by atoms with Gasteiger partial charge in [-0.3, -0.25) is 9.59 Å². The number of hydrogen-bond donors (Lipinski definition) is 1. The molecule has 27 heavy (non-hydrogen) atoms. The standard InChI is InChI=1S/C19H18ClF3N2O2/c1-12-10-15(20)6-7-17(12)25(13(2)26)9-8-18(27)24-16-5-3-4-14(11-16)19(21,22)23/h3-7,10-11H,8-9H2,1-2H3,(H,24,27). The maximum atomic E-state index is 12.7. The molecule has 2 rings (SSSR count). The van der Waals surface area contributed by atoms with Crippen LogP contribution in [0.5, 0.6) is 0 Å². The van der Waals surface area contributed by atoms with Crippen LogP contribution in [0.1, 0.15) is 24.5 Å². The van der Waals surface area contributed by atoms with E-state index in [9.17, 15) is 22.8 Å². The smallest absolute Gasteiger partial charge is 0.326 e. The molecular weight excluding hydrogens is 381 g/mol. The molecule has 0 saturated heterocycles. The van der Waals surface area contributed by atoms with Crippen molar-refractivity contribution in [3.8, 4) is 0 Å². The number of halogens is 4. The summed E-state index contributed by atoms with van der Waals surface area (Å²) in [6, 6.07) is 9.42. The summed E-state index contributed by atoms with van der Waals surface area (Å²) in [5.74, 6) is -0.750. The van der Waals surface area contributed by atoms with Gasteiger partial charge in [0.1, 0.15) is 0 Å². The average Bonchev–Trinajstić information content (AvgIpc) is 2.56. The first-order valence-corrected chi connectivity index (χ1v) is 8.47. The van der Waals surface area contributed by atoms with Crippen molar-refractivity contribution in [2.45, 2.75) is 26.4 Å². The van der Waals surface area contributed by atoms with Gasteiger partial charge >= 0.3 is 6.18 Å². The highest BCUT2D eigenvalue weighted by atomic mass is 35.5. The monoisotopic (exact) mass is 398 g/mol. The molecule has 0 unspecified atom stereocenters. The van der Waals surface area contributed by atoms with Crippen molar-refractivity contribution in [2.75, 3.05) is 16.8 Å². The number of benzene rings is 2. The molecule has 0 heterocycles. The van der Waals surface area contributed by atoms with Crippen LogP contribution < -0.4 is 10.2 Å². The van der Waals surface area contributed by atoms with Gasteiger partial charge in [0.25, 0.3) is 0 Å². The van der Waals surface area contributed by atoms with Crippen molar-refractivity contribution in [1.29, 1.82) is 0 Å². The van der Waals surface area contributed by atoms with Crippen molar-refractivity contribution in [2.24, 2.45) is 0 Å². The van der Waals surface area contributed by atoms with Gasteiger partial charge in [-0.15, -0.1) is 0 Å². The summed E-state index contributed by atoms with van der Waals surface area (Å²) in [5.41, 5.74) is 0.601. The number of alkyl halides is 3. The molecule has 1 N–H and O–H groups in total. The number of rotatable bonds is 5. The minimum Gasteiger partial charge on any atom is -0.326 e. The lowest BCUT2D eigenvalue weighted by molar-refractivity contribution is -0.137. The number of nitrogens with one attached hydrogen (secondary N) is 1. The van der Waals surface area contributed by atoms with E-state index in [1.165, 1.54) is 24.0 Å². The maximum Gasteiger partial charge on any atom is 0.416 e. The number of amides is 2. The van der Waals surface area contributed by atoms with Crippen LogP contribution in [0.15, 0.2) is 42.5 Å². The average molecular weight is 399 g/mol. The minimum absolute atomic E-state index is 0.0480. The topological polar surface area (TPSA) is 49.4 Å². The van der Waals surface area contributed by atoms with Crippen molar-refractivity contribution in [3.05, 3.63) is 58.6 Å². The van der Waals surface area contributed by atoms with E-state index in [4.69, 9.17) is 11.6 Å². The van der Waals surface area contributed by atoms with Gasteiger partial charge in [-0.25, -0.2) is 0 Å². The van der Waals surface area contributed by atoms with Crippen LogP contribution in [0, 0.1) is 6.92 Å². The molecule has 8 heteroatoms. The molecule has 2 aromatic carbocycles. The Labute approximate surface area is 159 Å². The van der Waals surface area contributed by atoms with Crippen molar-refractivity contribution >= 4 is 34.8 Å². The molecule has 0 radical (unpaired) electrons. The molecule has 144 valence electrons. The highest BCUT2D eigenvalue weighted by Gasteiger charge is 2.30. The highest BCUT2D eigenvalue weighted by Crippen LogP contribution is 2.30. The summed E-state index contributed by atoms with van der Waals surface area (Å²) < 4.78 is 38.2. The van der Waals surface area contributed by atoms with Crippen LogP contribution in [-0.2, 0) is 15.8 Å². The van der Waals surface area contributed by atoms with Crippen LogP contribution >= 0.6 is 11.6 Å². The van der Waals surface area contributed by atoms with Crippen molar-refractivity contribution < 1.29 is 22.8 Å². The molecule has 0 bridgehead atoms. The van der Waals surface area contributed by atoms with E-state index < -0.39 is 17.6 Å². The van der Waals surface area contributed by atoms with Crippen LogP contribution in [0.3, 0.4) is 0 Å². The van der Waals surface area contributed by atoms with Crippen LogP contribution in [-0.4, -0.2) is 18.4 Å². The largest absolute Gasteiger partial charge is 0.416 e. The van der Waals surface area contributed by atoms with E-state index in [0.29, 0.717) is 10.7 Å². The summed E-state index contributed by atoms with van der Waals surface area (Å²) in [6.45, 7) is 3.25. The van der Waals surface area contributed by atoms with Gasteiger partial charge in [0, 0.05) is 36.3 Å². The van der Waals surface area contributed by atoms with Gasteiger partial charge in [0.05, 0.1) is 5.56 Å². The molecule has 0 aliphatic carbocycles. The van der Waals surface area contributed by atoms with Crippen LogP contribution in [0.4, 0.5) is 24.5 Å². The SMILES string of the molecule is CC(=O)N(CCC(=O)Nc1cccc(C(F)(F)F)c1)c1ccc(Cl)cc1C. The van der Waals surface area contributed by atoms with E-state index >= 15 is 0 Å². The number of carbonyl (C=O) groups excluding carboxylic acids is 2. The highest BCUT2D eigenvalue weighted by molar-refractivity contribution is 6.30.